The lowest BCUT2D eigenvalue weighted by Gasteiger charge is -2.29. The van der Waals surface area contributed by atoms with Gasteiger partial charge in [-0.2, -0.15) is 0 Å². The van der Waals surface area contributed by atoms with Gasteiger partial charge in [-0.3, -0.25) is 4.90 Å². The molecule has 0 saturated heterocycles. The van der Waals surface area contributed by atoms with E-state index in [1.165, 1.54) is 16.7 Å². The summed E-state index contributed by atoms with van der Waals surface area (Å²) < 4.78 is 1.16. The summed E-state index contributed by atoms with van der Waals surface area (Å²) in [4.78, 5) is 6.90. The molecule has 1 aliphatic rings. The molecule has 0 atom stereocenters. The minimum absolute atomic E-state index is 1.02. The molecule has 18 heavy (non-hydrogen) atoms. The molecule has 0 saturated carbocycles. The molecule has 3 rings (SSSR count). The minimum Gasteiger partial charge on any atom is -0.294 e. The van der Waals surface area contributed by atoms with E-state index in [0.717, 1.165) is 29.8 Å². The maximum Gasteiger partial charge on any atom is 0.106 e. The van der Waals surface area contributed by atoms with Crippen LogP contribution < -0.4 is 0 Å². The fourth-order valence-corrected chi connectivity index (χ4v) is 3.14. The highest BCUT2D eigenvalue weighted by molar-refractivity contribution is 14.1. The van der Waals surface area contributed by atoms with Crippen LogP contribution in [0.1, 0.15) is 16.7 Å². The maximum absolute atomic E-state index is 4.39. The molecule has 0 amide bonds. The van der Waals surface area contributed by atoms with Crippen LogP contribution in [0.5, 0.6) is 0 Å². The smallest absolute Gasteiger partial charge is 0.106 e. The normalized spacial score (nSPS) is 15.4. The first kappa shape index (κ1) is 12.1. The van der Waals surface area contributed by atoms with Crippen molar-refractivity contribution in [3.63, 3.8) is 0 Å². The van der Waals surface area contributed by atoms with Crippen LogP contribution in [-0.4, -0.2) is 16.4 Å². The van der Waals surface area contributed by atoms with Gasteiger partial charge in [-0.15, -0.1) is 0 Å². The first-order chi connectivity index (χ1) is 8.83. The number of benzene rings is 1. The van der Waals surface area contributed by atoms with Crippen molar-refractivity contribution >= 4 is 22.6 Å². The Bertz CT molecular complexity index is 539. The summed E-state index contributed by atoms with van der Waals surface area (Å²) in [6.07, 6.45) is 3.06. The third-order valence-corrected chi connectivity index (χ3v) is 4.36. The highest BCUT2D eigenvalue weighted by Gasteiger charge is 2.18. The fourth-order valence-electron chi connectivity index (χ4n) is 2.46. The summed E-state index contributed by atoms with van der Waals surface area (Å²) in [5, 5.41) is 0. The molecular formula is C15H15IN2. The Morgan fingerprint density at radius 3 is 2.83 bits per heavy atom. The van der Waals surface area contributed by atoms with Crippen molar-refractivity contribution in [3.05, 3.63) is 63.0 Å². The molecule has 3 heteroatoms. The Kier molecular flexibility index (Phi) is 3.61. The quantitative estimate of drug-likeness (QED) is 0.611. The lowest BCUT2D eigenvalue weighted by atomic mass is 10.0. The number of fused-ring (bicyclic) bond motifs is 1. The Labute approximate surface area is 121 Å². The number of pyridine rings is 1. The molecule has 0 fully saturated rings. The number of rotatable bonds is 2. The molecule has 2 heterocycles. The van der Waals surface area contributed by atoms with Crippen LogP contribution in [0.25, 0.3) is 0 Å². The van der Waals surface area contributed by atoms with Crippen molar-refractivity contribution in [1.82, 2.24) is 9.88 Å². The van der Waals surface area contributed by atoms with E-state index in [-0.39, 0.29) is 0 Å². The van der Waals surface area contributed by atoms with Crippen molar-refractivity contribution in [2.75, 3.05) is 6.54 Å². The van der Waals surface area contributed by atoms with Crippen LogP contribution in [0.3, 0.4) is 0 Å². The van der Waals surface area contributed by atoms with Crippen molar-refractivity contribution in [1.29, 1.82) is 0 Å². The van der Waals surface area contributed by atoms with Gasteiger partial charge in [0.25, 0.3) is 0 Å². The summed E-state index contributed by atoms with van der Waals surface area (Å²) in [7, 11) is 0. The van der Waals surface area contributed by atoms with E-state index in [4.69, 9.17) is 0 Å². The molecule has 0 radical (unpaired) electrons. The average Bonchev–Trinajstić information content (AvgIpc) is 2.41. The molecule has 0 bridgehead atoms. The van der Waals surface area contributed by atoms with Gasteiger partial charge in [-0.1, -0.05) is 30.3 Å². The van der Waals surface area contributed by atoms with Gasteiger partial charge in [-0.05, 0) is 46.2 Å². The van der Waals surface area contributed by atoms with E-state index in [1.54, 1.807) is 0 Å². The highest BCUT2D eigenvalue weighted by Crippen LogP contribution is 2.23. The molecule has 0 unspecified atom stereocenters. The monoisotopic (exact) mass is 350 g/mol. The van der Waals surface area contributed by atoms with Gasteiger partial charge in [0.15, 0.2) is 0 Å². The summed E-state index contributed by atoms with van der Waals surface area (Å²) in [5.41, 5.74) is 4.28. The van der Waals surface area contributed by atoms with E-state index in [1.807, 2.05) is 6.20 Å². The van der Waals surface area contributed by atoms with Gasteiger partial charge in [-0.25, -0.2) is 4.98 Å². The van der Waals surface area contributed by atoms with Crippen LogP contribution in [-0.2, 0) is 19.5 Å². The van der Waals surface area contributed by atoms with E-state index in [9.17, 15) is 0 Å². The second-order valence-electron chi connectivity index (χ2n) is 4.69. The van der Waals surface area contributed by atoms with Crippen LogP contribution in [0.15, 0.2) is 42.6 Å². The second kappa shape index (κ2) is 5.36. The third-order valence-electron chi connectivity index (χ3n) is 3.43. The van der Waals surface area contributed by atoms with Crippen LogP contribution in [0, 0.1) is 3.70 Å². The first-order valence-corrected chi connectivity index (χ1v) is 7.29. The van der Waals surface area contributed by atoms with E-state index < -0.39 is 0 Å². The molecule has 1 aliphatic heterocycles. The van der Waals surface area contributed by atoms with E-state index in [0.29, 0.717) is 0 Å². The highest BCUT2D eigenvalue weighted by atomic mass is 127. The lowest BCUT2D eigenvalue weighted by Crippen LogP contribution is -2.30. The van der Waals surface area contributed by atoms with Gasteiger partial charge in [0, 0.05) is 31.4 Å². The van der Waals surface area contributed by atoms with Crippen LogP contribution in [0.4, 0.5) is 0 Å². The Morgan fingerprint density at radius 1 is 1.17 bits per heavy atom. The molecule has 2 nitrogen and oxygen atoms in total. The minimum atomic E-state index is 1.02. The zero-order chi connectivity index (χ0) is 12.4. The third kappa shape index (κ3) is 2.57. The molecule has 1 aromatic heterocycles. The van der Waals surface area contributed by atoms with Gasteiger partial charge in [0.1, 0.15) is 3.70 Å². The second-order valence-corrected chi connectivity index (χ2v) is 5.71. The predicted octanol–water partition coefficient (Wildman–Crippen LogP) is 3.24. The number of nitrogens with zero attached hydrogens (tertiary/aromatic N) is 2. The number of hydrogen-bond acceptors (Lipinski definition) is 2. The SMILES string of the molecule is Ic1nccc2c1CN(Cc1ccccc1)CC2. The van der Waals surface area contributed by atoms with Crippen LogP contribution in [0.2, 0.25) is 0 Å². The topological polar surface area (TPSA) is 16.1 Å². The van der Waals surface area contributed by atoms with Gasteiger partial charge in [0.05, 0.1) is 0 Å². The Morgan fingerprint density at radius 2 is 2.00 bits per heavy atom. The lowest BCUT2D eigenvalue weighted by molar-refractivity contribution is 0.244. The summed E-state index contributed by atoms with van der Waals surface area (Å²) in [6.45, 7) is 3.20. The summed E-state index contributed by atoms with van der Waals surface area (Å²) in [5.74, 6) is 0. The zero-order valence-electron chi connectivity index (χ0n) is 10.1. The maximum atomic E-state index is 4.39. The molecule has 0 aliphatic carbocycles. The first-order valence-electron chi connectivity index (χ1n) is 6.21. The van der Waals surface area contributed by atoms with E-state index in [2.05, 4.69) is 68.9 Å². The fraction of sp³-hybridized carbons (Fsp3) is 0.267. The number of hydrogen-bond donors (Lipinski definition) is 0. The van der Waals surface area contributed by atoms with Crippen molar-refractivity contribution in [2.45, 2.75) is 19.5 Å². The van der Waals surface area contributed by atoms with Crippen molar-refractivity contribution in [3.8, 4) is 0 Å². The largest absolute Gasteiger partial charge is 0.294 e. The van der Waals surface area contributed by atoms with Crippen molar-refractivity contribution in [2.24, 2.45) is 0 Å². The average molecular weight is 350 g/mol. The Hall–Kier alpha value is -0.940. The standard InChI is InChI=1S/C15H15IN2/c16-15-14-11-18(9-7-13(14)6-8-17-15)10-12-4-2-1-3-5-12/h1-6,8H,7,9-11H2. The molecule has 2 aromatic rings. The molecular weight excluding hydrogens is 335 g/mol. The number of aromatic nitrogens is 1. The van der Waals surface area contributed by atoms with Gasteiger partial charge < -0.3 is 0 Å². The molecule has 92 valence electrons. The van der Waals surface area contributed by atoms with E-state index >= 15 is 0 Å². The predicted molar refractivity (Wildman–Crippen MR) is 81.2 cm³/mol. The van der Waals surface area contributed by atoms with Gasteiger partial charge >= 0.3 is 0 Å². The molecule has 0 N–H and O–H groups in total. The molecule has 0 spiro atoms. The number of halogens is 1. The zero-order valence-corrected chi connectivity index (χ0v) is 12.3. The summed E-state index contributed by atoms with van der Waals surface area (Å²) >= 11 is 2.35. The van der Waals surface area contributed by atoms with Gasteiger partial charge in [0.2, 0.25) is 0 Å². The Balaban J connectivity index is 1.77. The summed E-state index contributed by atoms with van der Waals surface area (Å²) in [6, 6.07) is 12.9. The molecule has 1 aromatic carbocycles. The van der Waals surface area contributed by atoms with Crippen molar-refractivity contribution < 1.29 is 0 Å². The van der Waals surface area contributed by atoms with Crippen LogP contribution >= 0.6 is 22.6 Å².